The van der Waals surface area contributed by atoms with Crippen LogP contribution in [0.4, 0.5) is 0 Å². The van der Waals surface area contributed by atoms with Gasteiger partial charge in [0.05, 0.1) is 11.2 Å². The number of nitrogens with zero attached hydrogens (tertiary/aromatic N) is 1. The molecule has 9 rings (SSSR count). The molecule has 0 spiro atoms. The molecule has 0 aliphatic heterocycles. The summed E-state index contributed by atoms with van der Waals surface area (Å²) in [6.45, 7) is 0. The molecule has 1 heteroatoms. The lowest BCUT2D eigenvalue weighted by Crippen LogP contribution is -1.96. The summed E-state index contributed by atoms with van der Waals surface area (Å²) >= 11 is 0. The van der Waals surface area contributed by atoms with E-state index in [1.165, 1.54) is 76.7 Å². The average Bonchev–Trinajstić information content (AvgIpc) is 3.50. The minimum absolute atomic E-state index is 1.16. The smallest absolute Gasteiger partial charge is 0.0540 e. The molecule has 0 saturated heterocycles. The Balaban J connectivity index is 1.32. The van der Waals surface area contributed by atoms with Crippen molar-refractivity contribution in [1.29, 1.82) is 0 Å². The van der Waals surface area contributed by atoms with Gasteiger partial charge in [0.15, 0.2) is 0 Å². The molecule has 0 radical (unpaired) electrons. The van der Waals surface area contributed by atoms with Crippen molar-refractivity contribution in [2.24, 2.45) is 0 Å². The number of rotatable bonds is 4. The van der Waals surface area contributed by atoms with Gasteiger partial charge in [-0.05, 0) is 96.5 Å². The zero-order chi connectivity index (χ0) is 29.7. The lowest BCUT2D eigenvalue weighted by atomic mass is 9.85. The third-order valence-corrected chi connectivity index (χ3v) is 9.14. The number of hydrogen-bond acceptors (Lipinski definition) is 0. The predicted molar refractivity (Wildman–Crippen MR) is 192 cm³/mol. The number of benzene rings is 8. The molecule has 0 amide bonds. The second-order valence-electron chi connectivity index (χ2n) is 11.7. The standard InChI is InChI=1S/C44H29N/c1-3-14-31(15-4-1)42-29-35-28-34(25-26-41(35)45(42)36-17-5-2-6-18-36)44-39-21-11-9-19-37(39)43(38-20-10-12-22-40(38)44)33-24-23-30-13-7-8-16-32(30)27-33/h1-29H. The quantitative estimate of drug-likeness (QED) is 0.185. The number of aromatic nitrogens is 1. The van der Waals surface area contributed by atoms with Crippen LogP contribution < -0.4 is 0 Å². The Labute approximate surface area is 262 Å². The molecule has 1 nitrogen and oxygen atoms in total. The van der Waals surface area contributed by atoms with Crippen LogP contribution >= 0.6 is 0 Å². The largest absolute Gasteiger partial charge is 0.309 e. The predicted octanol–water partition coefficient (Wildman–Crippen LogP) is 12.1. The van der Waals surface area contributed by atoms with E-state index in [9.17, 15) is 0 Å². The van der Waals surface area contributed by atoms with Crippen LogP contribution in [0.25, 0.3) is 82.4 Å². The fourth-order valence-electron chi connectivity index (χ4n) is 7.14. The molecule has 0 fully saturated rings. The summed E-state index contributed by atoms with van der Waals surface area (Å²) < 4.78 is 2.38. The minimum atomic E-state index is 1.16. The Bertz CT molecular complexity index is 2460. The van der Waals surface area contributed by atoms with Gasteiger partial charge in [-0.15, -0.1) is 0 Å². The highest BCUT2D eigenvalue weighted by Gasteiger charge is 2.18. The number of para-hydroxylation sites is 1. The van der Waals surface area contributed by atoms with Crippen LogP contribution in [-0.2, 0) is 0 Å². The summed E-state index contributed by atoms with van der Waals surface area (Å²) in [4.78, 5) is 0. The molecule has 0 unspecified atom stereocenters. The summed E-state index contributed by atoms with van der Waals surface area (Å²) in [6, 6.07) is 64.0. The zero-order valence-corrected chi connectivity index (χ0v) is 24.7. The van der Waals surface area contributed by atoms with Gasteiger partial charge in [-0.3, -0.25) is 0 Å². The normalized spacial score (nSPS) is 11.6. The van der Waals surface area contributed by atoms with E-state index >= 15 is 0 Å². The van der Waals surface area contributed by atoms with Gasteiger partial charge in [-0.25, -0.2) is 0 Å². The van der Waals surface area contributed by atoms with Gasteiger partial charge in [0.25, 0.3) is 0 Å². The van der Waals surface area contributed by atoms with Crippen LogP contribution in [0.1, 0.15) is 0 Å². The molecule has 0 atom stereocenters. The highest BCUT2D eigenvalue weighted by atomic mass is 15.0. The highest BCUT2D eigenvalue weighted by molar-refractivity contribution is 6.22. The maximum atomic E-state index is 2.38. The fraction of sp³-hybridized carbons (Fsp3) is 0. The molecule has 0 aliphatic rings. The molecule has 210 valence electrons. The topological polar surface area (TPSA) is 4.93 Å². The van der Waals surface area contributed by atoms with Crippen LogP contribution in [0, 0.1) is 0 Å². The Morgan fingerprint density at radius 2 is 0.800 bits per heavy atom. The van der Waals surface area contributed by atoms with E-state index in [-0.39, 0.29) is 0 Å². The first-order chi connectivity index (χ1) is 22.3. The van der Waals surface area contributed by atoms with E-state index in [4.69, 9.17) is 0 Å². The molecule has 45 heavy (non-hydrogen) atoms. The Morgan fingerprint density at radius 3 is 1.42 bits per heavy atom. The summed E-state index contributed by atoms with van der Waals surface area (Å²) in [7, 11) is 0. The van der Waals surface area contributed by atoms with Crippen molar-refractivity contribution in [2.75, 3.05) is 0 Å². The van der Waals surface area contributed by atoms with E-state index in [1.807, 2.05) is 0 Å². The van der Waals surface area contributed by atoms with Gasteiger partial charge in [-0.2, -0.15) is 0 Å². The SMILES string of the molecule is c1ccc(-c2cc3cc(-c4c5ccccc5c(-c5ccc6ccccc6c5)c5ccccc45)ccc3n2-c2ccccc2)cc1. The van der Waals surface area contributed by atoms with Gasteiger partial charge in [0.1, 0.15) is 0 Å². The van der Waals surface area contributed by atoms with Crippen LogP contribution in [0.3, 0.4) is 0 Å². The van der Waals surface area contributed by atoms with Gasteiger partial charge in [0.2, 0.25) is 0 Å². The van der Waals surface area contributed by atoms with Gasteiger partial charge < -0.3 is 4.57 Å². The second-order valence-corrected chi connectivity index (χ2v) is 11.7. The molecule has 9 aromatic rings. The third-order valence-electron chi connectivity index (χ3n) is 9.14. The van der Waals surface area contributed by atoms with Crippen molar-refractivity contribution >= 4 is 43.2 Å². The lowest BCUT2D eigenvalue weighted by molar-refractivity contribution is 1.13. The molecule has 0 aliphatic carbocycles. The Hall–Kier alpha value is -5.92. The van der Waals surface area contributed by atoms with Gasteiger partial charge in [0, 0.05) is 11.1 Å². The van der Waals surface area contributed by atoms with Crippen molar-refractivity contribution in [3.63, 3.8) is 0 Å². The van der Waals surface area contributed by atoms with Crippen molar-refractivity contribution in [2.45, 2.75) is 0 Å². The maximum absolute atomic E-state index is 2.38. The second kappa shape index (κ2) is 10.4. The van der Waals surface area contributed by atoms with Crippen molar-refractivity contribution in [3.8, 4) is 39.2 Å². The monoisotopic (exact) mass is 571 g/mol. The molecule has 0 saturated carbocycles. The van der Waals surface area contributed by atoms with E-state index in [2.05, 4.69) is 180 Å². The molecule has 1 aromatic heterocycles. The molecule has 0 bridgehead atoms. The fourth-order valence-corrected chi connectivity index (χ4v) is 7.14. The van der Waals surface area contributed by atoms with Crippen molar-refractivity contribution in [3.05, 3.63) is 176 Å². The number of fused-ring (bicyclic) bond motifs is 4. The first kappa shape index (κ1) is 25.6. The van der Waals surface area contributed by atoms with Crippen LogP contribution in [0.15, 0.2) is 176 Å². The van der Waals surface area contributed by atoms with Crippen LogP contribution in [0.5, 0.6) is 0 Å². The minimum Gasteiger partial charge on any atom is -0.309 e. The zero-order valence-electron chi connectivity index (χ0n) is 24.7. The van der Waals surface area contributed by atoms with E-state index in [0.717, 1.165) is 5.69 Å². The van der Waals surface area contributed by atoms with E-state index < -0.39 is 0 Å². The summed E-state index contributed by atoms with van der Waals surface area (Å²) in [6.07, 6.45) is 0. The van der Waals surface area contributed by atoms with Gasteiger partial charge in [-0.1, -0.05) is 140 Å². The molecule has 1 heterocycles. The van der Waals surface area contributed by atoms with Crippen LogP contribution in [0.2, 0.25) is 0 Å². The lowest BCUT2D eigenvalue weighted by Gasteiger charge is -2.18. The summed E-state index contributed by atoms with van der Waals surface area (Å²) in [5.41, 5.74) is 9.80. The van der Waals surface area contributed by atoms with Gasteiger partial charge >= 0.3 is 0 Å². The highest BCUT2D eigenvalue weighted by Crippen LogP contribution is 2.45. The van der Waals surface area contributed by atoms with E-state index in [1.54, 1.807) is 0 Å². The molecular weight excluding hydrogens is 542 g/mol. The number of hydrogen-bond donors (Lipinski definition) is 0. The van der Waals surface area contributed by atoms with E-state index in [0.29, 0.717) is 0 Å². The Morgan fingerprint density at radius 1 is 0.311 bits per heavy atom. The average molecular weight is 572 g/mol. The maximum Gasteiger partial charge on any atom is 0.0540 e. The van der Waals surface area contributed by atoms with Crippen molar-refractivity contribution < 1.29 is 0 Å². The molecular formula is C44H29N. The summed E-state index contributed by atoms with van der Waals surface area (Å²) in [5, 5.41) is 8.82. The molecule has 8 aromatic carbocycles. The molecule has 0 N–H and O–H groups in total. The Kier molecular flexibility index (Phi) is 5.89. The van der Waals surface area contributed by atoms with Crippen LogP contribution in [-0.4, -0.2) is 4.57 Å². The first-order valence-electron chi connectivity index (χ1n) is 15.5. The summed E-state index contributed by atoms with van der Waals surface area (Å²) in [5.74, 6) is 0. The third kappa shape index (κ3) is 4.17. The van der Waals surface area contributed by atoms with Crippen molar-refractivity contribution in [1.82, 2.24) is 4.57 Å². The first-order valence-corrected chi connectivity index (χ1v) is 15.5.